The van der Waals surface area contributed by atoms with Crippen LogP contribution in [0.5, 0.6) is 0 Å². The molecule has 0 heterocycles. The fourth-order valence-corrected chi connectivity index (χ4v) is 1.58. The SMILES string of the molecule is CO[C@@H]1[C@H](OC)[C@@H](OC)C=C[C@@H]1O. The predicted octanol–water partition coefficient (Wildman–Crippen LogP) is -0.0379. The molecule has 0 aromatic heterocycles. The van der Waals surface area contributed by atoms with Gasteiger partial charge in [-0.05, 0) is 0 Å². The molecule has 0 spiro atoms. The molecule has 0 aliphatic heterocycles. The highest BCUT2D eigenvalue weighted by atomic mass is 16.6. The molecular weight excluding hydrogens is 172 g/mol. The van der Waals surface area contributed by atoms with E-state index in [2.05, 4.69) is 0 Å². The summed E-state index contributed by atoms with van der Waals surface area (Å²) in [7, 11) is 4.73. The molecule has 0 aromatic carbocycles. The van der Waals surface area contributed by atoms with Crippen LogP contribution >= 0.6 is 0 Å². The Bertz CT molecular complexity index is 180. The Morgan fingerprint density at radius 2 is 1.54 bits per heavy atom. The number of ether oxygens (including phenoxy) is 3. The van der Waals surface area contributed by atoms with E-state index in [1.54, 1.807) is 33.5 Å². The van der Waals surface area contributed by atoms with Crippen molar-refractivity contribution in [1.29, 1.82) is 0 Å². The zero-order valence-corrected chi connectivity index (χ0v) is 8.14. The number of methoxy groups -OCH3 is 3. The minimum absolute atomic E-state index is 0.154. The van der Waals surface area contributed by atoms with Crippen LogP contribution in [0.4, 0.5) is 0 Å². The second-order valence-corrected chi connectivity index (χ2v) is 2.98. The van der Waals surface area contributed by atoms with E-state index in [1.807, 2.05) is 0 Å². The van der Waals surface area contributed by atoms with Crippen LogP contribution in [0.15, 0.2) is 12.2 Å². The zero-order chi connectivity index (χ0) is 9.84. The normalized spacial score (nSPS) is 39.4. The molecule has 4 heteroatoms. The van der Waals surface area contributed by atoms with Gasteiger partial charge < -0.3 is 19.3 Å². The van der Waals surface area contributed by atoms with E-state index in [1.165, 1.54) is 0 Å². The summed E-state index contributed by atoms with van der Waals surface area (Å²) in [5.41, 5.74) is 0. The Morgan fingerprint density at radius 1 is 0.923 bits per heavy atom. The van der Waals surface area contributed by atoms with Crippen LogP contribution in [-0.4, -0.2) is 50.9 Å². The number of aliphatic hydroxyl groups is 1. The van der Waals surface area contributed by atoms with Gasteiger partial charge in [0.25, 0.3) is 0 Å². The number of hydrogen-bond acceptors (Lipinski definition) is 4. The highest BCUT2D eigenvalue weighted by Gasteiger charge is 2.36. The van der Waals surface area contributed by atoms with Crippen molar-refractivity contribution < 1.29 is 19.3 Å². The van der Waals surface area contributed by atoms with Crippen molar-refractivity contribution in [1.82, 2.24) is 0 Å². The van der Waals surface area contributed by atoms with Crippen molar-refractivity contribution in [3.05, 3.63) is 12.2 Å². The molecular formula is C9H16O4. The lowest BCUT2D eigenvalue weighted by molar-refractivity contribution is -0.128. The first-order chi connectivity index (χ1) is 6.24. The molecule has 0 bridgehead atoms. The molecule has 0 amide bonds. The highest BCUT2D eigenvalue weighted by molar-refractivity contribution is 5.09. The average Bonchev–Trinajstić information content (AvgIpc) is 2.17. The van der Waals surface area contributed by atoms with E-state index in [9.17, 15) is 5.11 Å². The van der Waals surface area contributed by atoms with E-state index in [-0.39, 0.29) is 18.3 Å². The molecule has 0 saturated heterocycles. The van der Waals surface area contributed by atoms with Crippen LogP contribution in [-0.2, 0) is 14.2 Å². The van der Waals surface area contributed by atoms with Crippen LogP contribution in [0.25, 0.3) is 0 Å². The van der Waals surface area contributed by atoms with Gasteiger partial charge in [0.05, 0.1) is 0 Å². The first kappa shape index (κ1) is 10.7. The van der Waals surface area contributed by atoms with Gasteiger partial charge in [0.2, 0.25) is 0 Å². The quantitative estimate of drug-likeness (QED) is 0.631. The third-order valence-corrected chi connectivity index (χ3v) is 2.30. The topological polar surface area (TPSA) is 47.9 Å². The van der Waals surface area contributed by atoms with E-state index in [0.29, 0.717) is 0 Å². The smallest absolute Gasteiger partial charge is 0.116 e. The Labute approximate surface area is 78.1 Å². The van der Waals surface area contributed by atoms with Crippen molar-refractivity contribution in [3.63, 3.8) is 0 Å². The summed E-state index contributed by atoms with van der Waals surface area (Å²) in [6.45, 7) is 0. The van der Waals surface area contributed by atoms with Crippen LogP contribution in [0, 0.1) is 0 Å². The van der Waals surface area contributed by atoms with Crippen molar-refractivity contribution >= 4 is 0 Å². The standard InChI is InChI=1S/C9H16O4/c1-11-7-5-4-6(10)8(12-2)9(7)13-3/h4-10H,1-3H3/t6-,7-,8-,9+/m0/s1. The molecule has 1 aliphatic carbocycles. The molecule has 1 aliphatic rings. The van der Waals surface area contributed by atoms with Gasteiger partial charge in [-0.2, -0.15) is 0 Å². The first-order valence-corrected chi connectivity index (χ1v) is 4.19. The fourth-order valence-electron chi connectivity index (χ4n) is 1.58. The van der Waals surface area contributed by atoms with Crippen molar-refractivity contribution in [2.24, 2.45) is 0 Å². The summed E-state index contributed by atoms with van der Waals surface area (Å²) in [5.74, 6) is 0. The van der Waals surface area contributed by atoms with E-state index >= 15 is 0 Å². The first-order valence-electron chi connectivity index (χ1n) is 4.19. The van der Waals surface area contributed by atoms with Gasteiger partial charge in [-0.1, -0.05) is 12.2 Å². The maximum absolute atomic E-state index is 9.54. The zero-order valence-electron chi connectivity index (χ0n) is 8.14. The predicted molar refractivity (Wildman–Crippen MR) is 47.5 cm³/mol. The van der Waals surface area contributed by atoms with Crippen LogP contribution in [0.2, 0.25) is 0 Å². The molecule has 13 heavy (non-hydrogen) atoms. The molecule has 0 aromatic rings. The summed E-state index contributed by atoms with van der Waals surface area (Å²) in [6.07, 6.45) is 2.06. The van der Waals surface area contributed by atoms with E-state index in [4.69, 9.17) is 14.2 Å². The minimum Gasteiger partial charge on any atom is -0.386 e. The van der Waals surface area contributed by atoms with Gasteiger partial charge in [-0.15, -0.1) is 0 Å². The monoisotopic (exact) mass is 188 g/mol. The number of aliphatic hydroxyl groups excluding tert-OH is 1. The van der Waals surface area contributed by atoms with Gasteiger partial charge in [0.1, 0.15) is 24.4 Å². The molecule has 0 unspecified atom stereocenters. The Kier molecular flexibility index (Phi) is 3.87. The van der Waals surface area contributed by atoms with Gasteiger partial charge in [-0.25, -0.2) is 0 Å². The largest absolute Gasteiger partial charge is 0.386 e. The van der Waals surface area contributed by atoms with Gasteiger partial charge in [0.15, 0.2) is 0 Å². The molecule has 76 valence electrons. The van der Waals surface area contributed by atoms with Crippen LogP contribution in [0.3, 0.4) is 0 Å². The lowest BCUT2D eigenvalue weighted by Crippen LogP contribution is -2.49. The van der Waals surface area contributed by atoms with E-state index in [0.717, 1.165) is 0 Å². The Morgan fingerprint density at radius 3 is 2.00 bits per heavy atom. The van der Waals surface area contributed by atoms with Crippen molar-refractivity contribution in [3.8, 4) is 0 Å². The molecule has 4 nitrogen and oxygen atoms in total. The highest BCUT2D eigenvalue weighted by Crippen LogP contribution is 2.20. The summed E-state index contributed by atoms with van der Waals surface area (Å²) in [6, 6.07) is 0. The summed E-state index contributed by atoms with van der Waals surface area (Å²) < 4.78 is 15.5. The van der Waals surface area contributed by atoms with Crippen molar-refractivity contribution in [2.45, 2.75) is 24.4 Å². The Hall–Kier alpha value is -0.420. The maximum atomic E-state index is 9.54. The molecule has 4 atom stereocenters. The second-order valence-electron chi connectivity index (χ2n) is 2.98. The molecule has 0 saturated carbocycles. The van der Waals surface area contributed by atoms with Crippen LogP contribution < -0.4 is 0 Å². The van der Waals surface area contributed by atoms with Gasteiger partial charge in [-0.3, -0.25) is 0 Å². The molecule has 1 rings (SSSR count). The third kappa shape index (κ3) is 2.08. The molecule has 0 fully saturated rings. The minimum atomic E-state index is -0.624. The van der Waals surface area contributed by atoms with E-state index < -0.39 is 6.10 Å². The number of hydrogen-bond donors (Lipinski definition) is 1. The average molecular weight is 188 g/mol. The van der Waals surface area contributed by atoms with Crippen LogP contribution in [0.1, 0.15) is 0 Å². The number of rotatable bonds is 3. The van der Waals surface area contributed by atoms with Crippen molar-refractivity contribution in [2.75, 3.05) is 21.3 Å². The maximum Gasteiger partial charge on any atom is 0.116 e. The second kappa shape index (κ2) is 4.72. The Balaban J connectivity index is 2.76. The fraction of sp³-hybridized carbons (Fsp3) is 0.778. The lowest BCUT2D eigenvalue weighted by atomic mass is 9.96. The third-order valence-electron chi connectivity index (χ3n) is 2.30. The van der Waals surface area contributed by atoms with Gasteiger partial charge in [0, 0.05) is 21.3 Å². The lowest BCUT2D eigenvalue weighted by Gasteiger charge is -2.34. The van der Waals surface area contributed by atoms with Gasteiger partial charge >= 0.3 is 0 Å². The molecule has 1 N–H and O–H groups in total. The molecule has 0 radical (unpaired) electrons. The summed E-state index contributed by atoms with van der Waals surface area (Å²) >= 11 is 0. The summed E-state index contributed by atoms with van der Waals surface area (Å²) in [4.78, 5) is 0. The summed E-state index contributed by atoms with van der Waals surface area (Å²) in [5, 5.41) is 9.54.